The van der Waals surface area contributed by atoms with Crippen LogP contribution in [0.3, 0.4) is 0 Å². The van der Waals surface area contributed by atoms with Crippen LogP contribution in [0.2, 0.25) is 0 Å². The molecule has 1 aromatic heterocycles. The first-order chi connectivity index (χ1) is 12.6. The zero-order valence-corrected chi connectivity index (χ0v) is 15.4. The number of aromatic nitrogens is 2. The SMILES string of the molecule is CCC(C)Nc1cc(Nc2ccc(Oc3ccccc3)cc2)nc(C)n1. The number of nitrogens with one attached hydrogen (secondary N) is 2. The lowest BCUT2D eigenvalue weighted by Crippen LogP contribution is -2.15. The Hall–Kier alpha value is -3.08. The van der Waals surface area contributed by atoms with E-state index in [0.29, 0.717) is 6.04 Å². The molecule has 0 aliphatic carbocycles. The fourth-order valence-electron chi connectivity index (χ4n) is 2.44. The zero-order chi connectivity index (χ0) is 18.4. The van der Waals surface area contributed by atoms with Gasteiger partial charge in [-0.15, -0.1) is 0 Å². The molecule has 1 atom stereocenters. The molecule has 0 spiro atoms. The summed E-state index contributed by atoms with van der Waals surface area (Å²) in [6.07, 6.45) is 1.04. The van der Waals surface area contributed by atoms with E-state index >= 15 is 0 Å². The van der Waals surface area contributed by atoms with Gasteiger partial charge in [-0.1, -0.05) is 25.1 Å². The van der Waals surface area contributed by atoms with E-state index in [2.05, 4.69) is 34.4 Å². The lowest BCUT2D eigenvalue weighted by molar-refractivity contribution is 0.483. The maximum atomic E-state index is 5.81. The first-order valence-electron chi connectivity index (χ1n) is 8.84. The van der Waals surface area contributed by atoms with E-state index in [1.165, 1.54) is 0 Å². The van der Waals surface area contributed by atoms with E-state index in [-0.39, 0.29) is 0 Å². The average Bonchev–Trinajstić information content (AvgIpc) is 2.63. The highest BCUT2D eigenvalue weighted by Crippen LogP contribution is 2.24. The fraction of sp³-hybridized carbons (Fsp3) is 0.238. The first-order valence-corrected chi connectivity index (χ1v) is 8.84. The van der Waals surface area contributed by atoms with Crippen molar-refractivity contribution in [3.63, 3.8) is 0 Å². The summed E-state index contributed by atoms with van der Waals surface area (Å²) in [5, 5.41) is 6.70. The van der Waals surface area contributed by atoms with Gasteiger partial charge >= 0.3 is 0 Å². The van der Waals surface area contributed by atoms with Crippen LogP contribution in [0.1, 0.15) is 26.1 Å². The third-order valence-corrected chi connectivity index (χ3v) is 3.95. The maximum Gasteiger partial charge on any atom is 0.136 e. The molecule has 5 heteroatoms. The van der Waals surface area contributed by atoms with Gasteiger partial charge in [0, 0.05) is 17.8 Å². The molecule has 5 nitrogen and oxygen atoms in total. The predicted octanol–water partition coefficient (Wildman–Crippen LogP) is 5.53. The lowest BCUT2D eigenvalue weighted by atomic mass is 10.2. The minimum Gasteiger partial charge on any atom is -0.457 e. The lowest BCUT2D eigenvalue weighted by Gasteiger charge is -2.14. The number of benzene rings is 2. The molecule has 2 N–H and O–H groups in total. The Kier molecular flexibility index (Phi) is 5.69. The second kappa shape index (κ2) is 8.34. The van der Waals surface area contributed by atoms with Gasteiger partial charge in [0.05, 0.1) is 0 Å². The van der Waals surface area contributed by atoms with E-state index in [9.17, 15) is 0 Å². The average molecular weight is 348 g/mol. The largest absolute Gasteiger partial charge is 0.457 e. The Morgan fingerprint density at radius 3 is 2.27 bits per heavy atom. The van der Waals surface area contributed by atoms with Crippen molar-refractivity contribution in [1.82, 2.24) is 9.97 Å². The van der Waals surface area contributed by atoms with Crippen LogP contribution >= 0.6 is 0 Å². The van der Waals surface area contributed by atoms with E-state index in [4.69, 9.17) is 4.74 Å². The van der Waals surface area contributed by atoms with Gasteiger partial charge in [0.1, 0.15) is 29.0 Å². The second-order valence-corrected chi connectivity index (χ2v) is 6.20. The zero-order valence-electron chi connectivity index (χ0n) is 15.4. The number of para-hydroxylation sites is 1. The molecule has 134 valence electrons. The molecule has 3 rings (SSSR count). The normalized spacial score (nSPS) is 11.7. The minimum absolute atomic E-state index is 0.367. The van der Waals surface area contributed by atoms with Crippen molar-refractivity contribution < 1.29 is 4.74 Å². The summed E-state index contributed by atoms with van der Waals surface area (Å²) in [5.74, 6) is 3.93. The third kappa shape index (κ3) is 4.96. The van der Waals surface area contributed by atoms with E-state index < -0.39 is 0 Å². The van der Waals surface area contributed by atoms with Crippen molar-refractivity contribution in [2.45, 2.75) is 33.2 Å². The van der Waals surface area contributed by atoms with Crippen LogP contribution in [-0.2, 0) is 0 Å². The molecular formula is C21H24N4O. The number of anilines is 3. The fourth-order valence-corrected chi connectivity index (χ4v) is 2.44. The highest BCUT2D eigenvalue weighted by atomic mass is 16.5. The summed E-state index contributed by atoms with van der Waals surface area (Å²) in [5.41, 5.74) is 0.943. The smallest absolute Gasteiger partial charge is 0.136 e. The summed E-state index contributed by atoms with van der Waals surface area (Å²) >= 11 is 0. The van der Waals surface area contributed by atoms with Crippen LogP contribution in [0.15, 0.2) is 60.7 Å². The number of hydrogen-bond donors (Lipinski definition) is 2. The van der Waals surface area contributed by atoms with E-state index in [1.807, 2.05) is 67.6 Å². The quantitative estimate of drug-likeness (QED) is 0.588. The van der Waals surface area contributed by atoms with Crippen LogP contribution in [0.5, 0.6) is 11.5 Å². The van der Waals surface area contributed by atoms with Crippen molar-refractivity contribution in [2.75, 3.05) is 10.6 Å². The Balaban J connectivity index is 1.69. The Morgan fingerprint density at radius 1 is 0.923 bits per heavy atom. The molecule has 0 radical (unpaired) electrons. The monoisotopic (exact) mass is 348 g/mol. The number of nitrogens with zero attached hydrogens (tertiary/aromatic N) is 2. The summed E-state index contributed by atoms with van der Waals surface area (Å²) in [7, 11) is 0. The van der Waals surface area contributed by atoms with Crippen LogP contribution < -0.4 is 15.4 Å². The molecule has 0 aliphatic rings. The molecule has 3 aromatic rings. The van der Waals surface area contributed by atoms with Gasteiger partial charge in [0.15, 0.2) is 0 Å². The maximum absolute atomic E-state index is 5.81. The van der Waals surface area contributed by atoms with Gasteiger partial charge in [0.2, 0.25) is 0 Å². The summed E-state index contributed by atoms with van der Waals surface area (Å²) < 4.78 is 5.81. The molecule has 0 saturated heterocycles. The van der Waals surface area contributed by atoms with Crippen LogP contribution in [0.4, 0.5) is 17.3 Å². The van der Waals surface area contributed by atoms with Crippen molar-refractivity contribution in [3.05, 3.63) is 66.5 Å². The van der Waals surface area contributed by atoms with Crippen molar-refractivity contribution in [2.24, 2.45) is 0 Å². The highest BCUT2D eigenvalue weighted by Gasteiger charge is 2.05. The van der Waals surface area contributed by atoms with E-state index in [1.54, 1.807) is 0 Å². The first kappa shape index (κ1) is 17.7. The third-order valence-electron chi connectivity index (χ3n) is 3.95. The van der Waals surface area contributed by atoms with Crippen LogP contribution in [0.25, 0.3) is 0 Å². The van der Waals surface area contributed by atoms with Crippen LogP contribution in [0, 0.1) is 6.92 Å². The molecule has 0 amide bonds. The molecule has 0 fully saturated rings. The van der Waals surface area contributed by atoms with Crippen molar-refractivity contribution in [1.29, 1.82) is 0 Å². The number of ether oxygens (including phenoxy) is 1. The molecule has 0 bridgehead atoms. The van der Waals surface area contributed by atoms with Gasteiger partial charge in [-0.3, -0.25) is 0 Å². The number of hydrogen-bond acceptors (Lipinski definition) is 5. The Labute approximate surface area is 154 Å². The molecule has 26 heavy (non-hydrogen) atoms. The summed E-state index contributed by atoms with van der Waals surface area (Å²) in [6.45, 7) is 6.17. The number of rotatable bonds is 7. The van der Waals surface area contributed by atoms with Crippen molar-refractivity contribution in [3.8, 4) is 11.5 Å². The van der Waals surface area contributed by atoms with Crippen LogP contribution in [-0.4, -0.2) is 16.0 Å². The van der Waals surface area contributed by atoms with Gasteiger partial charge in [-0.2, -0.15) is 0 Å². The summed E-state index contributed by atoms with van der Waals surface area (Å²) in [6, 6.07) is 19.8. The molecule has 1 heterocycles. The molecule has 2 aromatic carbocycles. The topological polar surface area (TPSA) is 59.1 Å². The van der Waals surface area contributed by atoms with Gasteiger partial charge in [-0.25, -0.2) is 9.97 Å². The van der Waals surface area contributed by atoms with Gasteiger partial charge < -0.3 is 15.4 Å². The van der Waals surface area contributed by atoms with Gasteiger partial charge in [0.25, 0.3) is 0 Å². The van der Waals surface area contributed by atoms with E-state index in [0.717, 1.165) is 41.1 Å². The second-order valence-electron chi connectivity index (χ2n) is 6.20. The summed E-state index contributed by atoms with van der Waals surface area (Å²) in [4.78, 5) is 8.90. The minimum atomic E-state index is 0.367. The standard InChI is InChI=1S/C21H24N4O/c1-4-15(2)22-20-14-21(24-16(3)23-20)25-17-10-12-19(13-11-17)26-18-8-6-5-7-9-18/h5-15H,4H2,1-3H3,(H2,22,23,24,25). The molecule has 1 unspecified atom stereocenters. The molecule has 0 aliphatic heterocycles. The highest BCUT2D eigenvalue weighted by molar-refractivity contribution is 5.60. The van der Waals surface area contributed by atoms with Gasteiger partial charge in [-0.05, 0) is 56.7 Å². The predicted molar refractivity (Wildman–Crippen MR) is 106 cm³/mol. The van der Waals surface area contributed by atoms with Crippen molar-refractivity contribution >= 4 is 17.3 Å². The number of aryl methyl sites for hydroxylation is 1. The molecule has 0 saturated carbocycles. The molecular weight excluding hydrogens is 324 g/mol. The Morgan fingerprint density at radius 2 is 1.58 bits per heavy atom. The Bertz CT molecular complexity index is 834.